The van der Waals surface area contributed by atoms with Crippen LogP contribution < -0.4 is 0 Å². The minimum absolute atomic E-state index is 0.0404. The number of benzene rings is 2. The van der Waals surface area contributed by atoms with Gasteiger partial charge in [0, 0.05) is 29.1 Å². The van der Waals surface area contributed by atoms with Gasteiger partial charge in [-0.3, -0.25) is 19.5 Å². The predicted octanol–water partition coefficient (Wildman–Crippen LogP) is 5.16. The van der Waals surface area contributed by atoms with Crippen LogP contribution in [0.2, 0.25) is 0 Å². The third kappa shape index (κ3) is 3.84. The number of hydrogen-bond donors (Lipinski definition) is 0. The number of nitro benzene ring substituents is 1. The molecule has 2 heterocycles. The topological polar surface area (TPSA) is 104 Å². The van der Waals surface area contributed by atoms with Gasteiger partial charge in [-0.1, -0.05) is 42.1 Å². The van der Waals surface area contributed by atoms with Crippen LogP contribution in [0.4, 0.5) is 5.69 Å². The largest absolute Gasteiger partial charge is 0.453 e. The molecule has 0 spiro atoms. The maximum absolute atomic E-state index is 12.5. The fourth-order valence-electron chi connectivity index (χ4n) is 3.11. The Hall–Kier alpha value is -3.46. The van der Waals surface area contributed by atoms with Crippen LogP contribution in [0.25, 0.3) is 22.6 Å². The summed E-state index contributed by atoms with van der Waals surface area (Å²) >= 11 is 1.24. The van der Waals surface area contributed by atoms with Crippen molar-refractivity contribution in [2.75, 3.05) is 5.75 Å². The maximum Gasteiger partial charge on any atom is 0.270 e. The van der Waals surface area contributed by atoms with Crippen molar-refractivity contribution in [1.29, 1.82) is 0 Å². The molecular weight excluding hydrogens is 404 g/mol. The number of ketones is 1. The number of Topliss-reactive ketones (excluding diaryl/α,β-unsaturated/α-hetero) is 1. The van der Waals surface area contributed by atoms with Crippen LogP contribution in [0.1, 0.15) is 30.2 Å². The minimum atomic E-state index is -0.515. The number of carbonyl (C=O) groups excluding carboxylic acids is 1. The average molecular weight is 422 g/mol. The van der Waals surface area contributed by atoms with Crippen LogP contribution in [0.15, 0.2) is 64.2 Å². The smallest absolute Gasteiger partial charge is 0.270 e. The average Bonchev–Trinajstić information content (AvgIpc) is 3.35. The lowest BCUT2D eigenvalue weighted by molar-refractivity contribution is -0.384. The number of para-hydroxylation sites is 1. The van der Waals surface area contributed by atoms with Gasteiger partial charge in [0.25, 0.3) is 5.69 Å². The van der Waals surface area contributed by atoms with E-state index in [1.807, 2.05) is 48.7 Å². The van der Waals surface area contributed by atoms with E-state index in [0.717, 1.165) is 11.0 Å². The molecule has 0 atom stereocenters. The van der Waals surface area contributed by atoms with Crippen LogP contribution in [-0.4, -0.2) is 31.2 Å². The van der Waals surface area contributed by atoms with Crippen LogP contribution in [0.3, 0.4) is 0 Å². The molecule has 0 saturated heterocycles. The molecule has 4 rings (SSSR count). The van der Waals surface area contributed by atoms with Crippen molar-refractivity contribution in [2.24, 2.45) is 0 Å². The van der Waals surface area contributed by atoms with Gasteiger partial charge in [0.15, 0.2) is 16.7 Å². The third-order valence-electron chi connectivity index (χ3n) is 4.54. The second-order valence-electron chi connectivity index (χ2n) is 6.94. The first-order valence-corrected chi connectivity index (χ1v) is 10.3. The highest BCUT2D eigenvalue weighted by molar-refractivity contribution is 7.99. The summed E-state index contributed by atoms with van der Waals surface area (Å²) in [5.74, 6) is 1.07. The summed E-state index contributed by atoms with van der Waals surface area (Å²) in [7, 11) is 0. The fourth-order valence-corrected chi connectivity index (χ4v) is 4.07. The monoisotopic (exact) mass is 422 g/mol. The third-order valence-corrected chi connectivity index (χ3v) is 5.48. The van der Waals surface area contributed by atoms with Gasteiger partial charge in [0.2, 0.25) is 5.82 Å². The Labute approximate surface area is 176 Å². The van der Waals surface area contributed by atoms with E-state index in [2.05, 4.69) is 10.2 Å². The number of carbonyl (C=O) groups is 1. The van der Waals surface area contributed by atoms with E-state index in [1.165, 1.54) is 30.0 Å². The van der Waals surface area contributed by atoms with Gasteiger partial charge in [-0.2, -0.15) is 0 Å². The van der Waals surface area contributed by atoms with Gasteiger partial charge in [0.1, 0.15) is 5.58 Å². The Morgan fingerprint density at radius 1 is 1.17 bits per heavy atom. The van der Waals surface area contributed by atoms with E-state index in [-0.39, 0.29) is 23.3 Å². The molecule has 0 radical (unpaired) electrons. The molecule has 0 bridgehead atoms. The van der Waals surface area contributed by atoms with Gasteiger partial charge >= 0.3 is 0 Å². The standard InChI is InChI=1S/C21H18N4O4S/c1-13(2)24-20(19-11-15-6-3-4-9-18(15)29-19)22-23-21(24)30-12-17(26)14-7-5-8-16(10-14)25(27)28/h3-11,13H,12H2,1-2H3. The van der Waals surface area contributed by atoms with Crippen LogP contribution >= 0.6 is 11.8 Å². The van der Waals surface area contributed by atoms with Crippen molar-refractivity contribution in [3.05, 3.63) is 70.3 Å². The van der Waals surface area contributed by atoms with Crippen molar-refractivity contribution < 1.29 is 14.1 Å². The molecule has 152 valence electrons. The number of thioether (sulfide) groups is 1. The first-order valence-electron chi connectivity index (χ1n) is 9.28. The van der Waals surface area contributed by atoms with Crippen molar-refractivity contribution >= 4 is 34.2 Å². The number of hydrogen-bond acceptors (Lipinski definition) is 7. The normalized spacial score (nSPS) is 11.3. The van der Waals surface area contributed by atoms with Gasteiger partial charge < -0.3 is 4.42 Å². The van der Waals surface area contributed by atoms with E-state index in [9.17, 15) is 14.9 Å². The Morgan fingerprint density at radius 3 is 2.70 bits per heavy atom. The lowest BCUT2D eigenvalue weighted by atomic mass is 10.1. The summed E-state index contributed by atoms with van der Waals surface area (Å²) in [6.07, 6.45) is 0. The molecule has 0 amide bonds. The number of furan rings is 1. The molecule has 8 nitrogen and oxygen atoms in total. The molecule has 0 N–H and O–H groups in total. The van der Waals surface area contributed by atoms with Crippen LogP contribution in [0.5, 0.6) is 0 Å². The Morgan fingerprint density at radius 2 is 1.97 bits per heavy atom. The molecule has 30 heavy (non-hydrogen) atoms. The number of aromatic nitrogens is 3. The zero-order valence-corrected chi connectivity index (χ0v) is 17.1. The molecule has 0 aliphatic heterocycles. The molecular formula is C21H18N4O4S. The van der Waals surface area contributed by atoms with Gasteiger partial charge in [-0.05, 0) is 26.0 Å². The quantitative estimate of drug-likeness (QED) is 0.175. The highest BCUT2D eigenvalue weighted by Crippen LogP contribution is 2.31. The van der Waals surface area contributed by atoms with Crippen molar-refractivity contribution in [1.82, 2.24) is 14.8 Å². The van der Waals surface area contributed by atoms with Gasteiger partial charge in [-0.15, -0.1) is 10.2 Å². The predicted molar refractivity (Wildman–Crippen MR) is 114 cm³/mol. The molecule has 0 aliphatic carbocycles. The molecule has 9 heteroatoms. The molecule has 2 aromatic carbocycles. The maximum atomic E-state index is 12.5. The minimum Gasteiger partial charge on any atom is -0.453 e. The zero-order valence-electron chi connectivity index (χ0n) is 16.3. The van der Waals surface area contributed by atoms with E-state index < -0.39 is 4.92 Å². The van der Waals surface area contributed by atoms with E-state index in [0.29, 0.717) is 22.3 Å². The molecule has 0 unspecified atom stereocenters. The molecule has 0 fully saturated rings. The van der Waals surface area contributed by atoms with Crippen molar-refractivity contribution in [2.45, 2.75) is 25.0 Å². The number of non-ortho nitro benzene ring substituents is 1. The summed E-state index contributed by atoms with van der Waals surface area (Å²) in [6, 6.07) is 15.4. The van der Waals surface area contributed by atoms with Gasteiger partial charge in [0.05, 0.1) is 10.7 Å². The first-order chi connectivity index (χ1) is 14.4. The van der Waals surface area contributed by atoms with Crippen molar-refractivity contribution in [3.8, 4) is 11.6 Å². The first kappa shape index (κ1) is 19.8. The fraction of sp³-hybridized carbons (Fsp3) is 0.190. The van der Waals surface area contributed by atoms with Crippen LogP contribution in [0, 0.1) is 10.1 Å². The van der Waals surface area contributed by atoms with Crippen molar-refractivity contribution in [3.63, 3.8) is 0 Å². The zero-order chi connectivity index (χ0) is 21.3. The summed E-state index contributed by atoms with van der Waals surface area (Å²) in [6.45, 7) is 4.00. The lowest BCUT2D eigenvalue weighted by Crippen LogP contribution is -2.08. The Bertz CT molecular complexity index is 1210. The summed E-state index contributed by atoms with van der Waals surface area (Å²) < 4.78 is 7.85. The van der Waals surface area contributed by atoms with Crippen LogP contribution in [-0.2, 0) is 0 Å². The summed E-state index contributed by atoms with van der Waals surface area (Å²) in [5, 5.41) is 21.0. The second-order valence-corrected chi connectivity index (χ2v) is 7.88. The number of nitrogens with zero attached hydrogens (tertiary/aromatic N) is 4. The van der Waals surface area contributed by atoms with E-state index in [4.69, 9.17) is 4.42 Å². The Kier molecular flexibility index (Phi) is 5.37. The molecule has 2 aromatic heterocycles. The molecule has 4 aromatic rings. The number of nitro groups is 1. The summed E-state index contributed by atoms with van der Waals surface area (Å²) in [4.78, 5) is 23.0. The van der Waals surface area contributed by atoms with E-state index >= 15 is 0 Å². The molecule has 0 saturated carbocycles. The second kappa shape index (κ2) is 8.11. The lowest BCUT2D eigenvalue weighted by Gasteiger charge is -2.12. The number of rotatable bonds is 7. The van der Waals surface area contributed by atoms with Gasteiger partial charge in [-0.25, -0.2) is 0 Å². The highest BCUT2D eigenvalue weighted by atomic mass is 32.2. The SMILES string of the molecule is CC(C)n1c(SCC(=O)c2cccc([N+](=O)[O-])c2)nnc1-c1cc2ccccc2o1. The Balaban J connectivity index is 1.58. The summed E-state index contributed by atoms with van der Waals surface area (Å²) in [5.41, 5.74) is 0.953. The highest BCUT2D eigenvalue weighted by Gasteiger charge is 2.21. The number of fused-ring (bicyclic) bond motifs is 1. The van der Waals surface area contributed by atoms with E-state index in [1.54, 1.807) is 6.07 Å². The molecule has 0 aliphatic rings.